The van der Waals surface area contributed by atoms with Gasteiger partial charge >= 0.3 is 0 Å². The number of aliphatic hydroxyl groups excluding tert-OH is 3. The van der Waals surface area contributed by atoms with Crippen LogP contribution in [-0.2, 0) is 0 Å². The van der Waals surface area contributed by atoms with Crippen LogP contribution < -0.4 is 0 Å². The summed E-state index contributed by atoms with van der Waals surface area (Å²) < 4.78 is 0. The molecule has 9 N–H and O–H groups in total. The summed E-state index contributed by atoms with van der Waals surface area (Å²) in [6.07, 6.45) is -0.954. The van der Waals surface area contributed by atoms with E-state index in [0.717, 1.165) is 0 Å². The average molecular weight is 268 g/mol. The molecule has 7 heteroatoms. The van der Waals surface area contributed by atoms with Crippen molar-refractivity contribution in [3.63, 3.8) is 0 Å². The minimum absolute atomic E-state index is 0. The van der Waals surface area contributed by atoms with E-state index in [-0.39, 0.29) is 54.1 Å². The van der Waals surface area contributed by atoms with Crippen LogP contribution in [0.15, 0.2) is 0 Å². The zero-order valence-corrected chi connectivity index (χ0v) is 7.83. The summed E-state index contributed by atoms with van der Waals surface area (Å²) >= 11 is 0. The summed E-state index contributed by atoms with van der Waals surface area (Å²) in [5.41, 5.74) is 0. The SMILES string of the molecule is O.O.O.OCC(O)CO.[Sb]. The van der Waals surface area contributed by atoms with Gasteiger partial charge in [0.2, 0.25) is 0 Å². The van der Waals surface area contributed by atoms with E-state index in [1.165, 1.54) is 0 Å². The molecule has 0 bridgehead atoms. The molecule has 0 fully saturated rings. The van der Waals surface area contributed by atoms with Crippen LogP contribution in [0.5, 0.6) is 0 Å². The molecule has 67 valence electrons. The van der Waals surface area contributed by atoms with Crippen molar-refractivity contribution in [2.45, 2.75) is 6.10 Å². The zero-order chi connectivity index (χ0) is 4.99. The molecule has 3 radical (unpaired) electrons. The first-order valence-electron chi connectivity index (χ1n) is 1.71. The van der Waals surface area contributed by atoms with Crippen LogP contribution in [0.2, 0.25) is 0 Å². The molecule has 0 aliphatic heterocycles. The molecule has 0 unspecified atom stereocenters. The summed E-state index contributed by atoms with van der Waals surface area (Å²) in [5.74, 6) is 0. The fourth-order valence-electron chi connectivity index (χ4n) is 0.0577. The van der Waals surface area contributed by atoms with Gasteiger partial charge in [-0.15, -0.1) is 0 Å². The Morgan fingerprint density at radius 1 is 0.900 bits per heavy atom. The van der Waals surface area contributed by atoms with Gasteiger partial charge in [0.05, 0.1) is 13.2 Å². The van der Waals surface area contributed by atoms with E-state index in [9.17, 15) is 0 Å². The Hall–Kier alpha value is 0.578. The topological polar surface area (TPSA) is 155 Å². The van der Waals surface area contributed by atoms with Crippen LogP contribution >= 0.6 is 0 Å². The Balaban J connectivity index is -0.0000000208. The molecule has 0 aromatic heterocycles. The van der Waals surface area contributed by atoms with Gasteiger partial charge in [-0.05, 0) is 0 Å². The quantitative estimate of drug-likeness (QED) is 0.432. The van der Waals surface area contributed by atoms with Crippen molar-refractivity contribution >= 4 is 24.4 Å². The van der Waals surface area contributed by atoms with Crippen LogP contribution in [0.3, 0.4) is 0 Å². The number of aliphatic hydroxyl groups is 3. The first-order chi connectivity index (χ1) is 2.81. The maximum Gasteiger partial charge on any atom is 0.100 e. The Morgan fingerprint density at radius 3 is 1.10 bits per heavy atom. The molecule has 6 nitrogen and oxygen atoms in total. The van der Waals surface area contributed by atoms with Crippen LogP contribution in [0.4, 0.5) is 0 Å². The summed E-state index contributed by atoms with van der Waals surface area (Å²) in [6.45, 7) is -0.729. The van der Waals surface area contributed by atoms with Gasteiger partial charge in [0, 0.05) is 24.4 Å². The van der Waals surface area contributed by atoms with E-state index < -0.39 is 6.10 Å². The van der Waals surface area contributed by atoms with Gasteiger partial charge < -0.3 is 31.7 Å². The molecular weight excluding hydrogens is 254 g/mol. The summed E-state index contributed by atoms with van der Waals surface area (Å²) in [7, 11) is 0. The van der Waals surface area contributed by atoms with Crippen molar-refractivity contribution in [3.05, 3.63) is 0 Å². The Labute approximate surface area is 75.9 Å². The van der Waals surface area contributed by atoms with Crippen molar-refractivity contribution in [2.75, 3.05) is 13.2 Å². The fourth-order valence-corrected chi connectivity index (χ4v) is 0.0577. The van der Waals surface area contributed by atoms with Crippen molar-refractivity contribution in [2.24, 2.45) is 0 Å². The largest absolute Gasteiger partial charge is 0.412 e. The Morgan fingerprint density at radius 2 is 1.10 bits per heavy atom. The Kier molecular flexibility index (Phi) is 70.6. The van der Waals surface area contributed by atoms with Gasteiger partial charge in [-0.3, -0.25) is 0 Å². The number of hydrogen-bond acceptors (Lipinski definition) is 3. The molecule has 0 atom stereocenters. The number of hydrogen-bond donors (Lipinski definition) is 3. The van der Waals surface area contributed by atoms with Gasteiger partial charge in [0.15, 0.2) is 0 Å². The molecule has 0 heterocycles. The predicted octanol–water partition coefficient (Wildman–Crippen LogP) is -4.52. The Bertz CT molecular complexity index is 32.2. The van der Waals surface area contributed by atoms with E-state index in [1.54, 1.807) is 0 Å². The second-order valence-corrected chi connectivity index (χ2v) is 1.02. The molecule has 0 aliphatic carbocycles. The van der Waals surface area contributed by atoms with Gasteiger partial charge in [0.1, 0.15) is 6.10 Å². The standard InChI is InChI=1S/C3H8O3.3H2O.Sb/c4-1-3(6)2-5;;;;/h3-6H,1-2H2;3*1H2;. The van der Waals surface area contributed by atoms with E-state index in [4.69, 9.17) is 15.3 Å². The molecule has 0 amide bonds. The van der Waals surface area contributed by atoms with Gasteiger partial charge in [-0.2, -0.15) is 0 Å². The predicted molar refractivity (Wildman–Crippen MR) is 36.8 cm³/mol. The zero-order valence-electron chi connectivity index (χ0n) is 5.28. The molecular formula is C3H14O6Sb. The van der Waals surface area contributed by atoms with Crippen molar-refractivity contribution in [1.82, 2.24) is 0 Å². The van der Waals surface area contributed by atoms with Crippen molar-refractivity contribution in [3.8, 4) is 0 Å². The second-order valence-electron chi connectivity index (χ2n) is 1.02. The fraction of sp³-hybridized carbons (Fsp3) is 1.00. The summed E-state index contributed by atoms with van der Waals surface area (Å²) in [6, 6.07) is 0. The monoisotopic (exact) mass is 267 g/mol. The third-order valence-corrected chi connectivity index (χ3v) is 0.421. The molecule has 0 aromatic carbocycles. The maximum absolute atomic E-state index is 8.17. The minimum atomic E-state index is -0.954. The third kappa shape index (κ3) is 23.5. The van der Waals surface area contributed by atoms with Gasteiger partial charge in [0.25, 0.3) is 0 Å². The first kappa shape index (κ1) is 31.2. The molecule has 0 rings (SSSR count). The van der Waals surface area contributed by atoms with Crippen molar-refractivity contribution < 1.29 is 31.7 Å². The normalized spacial score (nSPS) is 6.00. The van der Waals surface area contributed by atoms with E-state index in [2.05, 4.69) is 0 Å². The van der Waals surface area contributed by atoms with E-state index in [0.29, 0.717) is 0 Å². The van der Waals surface area contributed by atoms with Crippen molar-refractivity contribution in [1.29, 1.82) is 0 Å². The van der Waals surface area contributed by atoms with E-state index in [1.807, 2.05) is 0 Å². The number of rotatable bonds is 2. The minimum Gasteiger partial charge on any atom is -0.412 e. The van der Waals surface area contributed by atoms with E-state index >= 15 is 0 Å². The first-order valence-corrected chi connectivity index (χ1v) is 1.71. The smallest absolute Gasteiger partial charge is 0.100 e. The molecule has 0 spiro atoms. The van der Waals surface area contributed by atoms with Gasteiger partial charge in [-0.25, -0.2) is 0 Å². The average Bonchev–Trinajstić information content (AvgIpc) is 1.65. The third-order valence-electron chi connectivity index (χ3n) is 0.421. The molecule has 0 saturated heterocycles. The molecule has 0 saturated carbocycles. The van der Waals surface area contributed by atoms with Crippen LogP contribution in [0.1, 0.15) is 0 Å². The molecule has 0 aliphatic rings. The summed E-state index contributed by atoms with van der Waals surface area (Å²) in [4.78, 5) is 0. The van der Waals surface area contributed by atoms with Crippen LogP contribution in [0, 0.1) is 0 Å². The maximum atomic E-state index is 8.17. The summed E-state index contributed by atoms with van der Waals surface area (Å²) in [5, 5.41) is 24.0. The van der Waals surface area contributed by atoms with Crippen LogP contribution in [0.25, 0.3) is 0 Å². The molecule has 0 aromatic rings. The molecule has 10 heavy (non-hydrogen) atoms. The second kappa shape index (κ2) is 22.7. The van der Waals surface area contributed by atoms with Gasteiger partial charge in [-0.1, -0.05) is 0 Å². The van der Waals surface area contributed by atoms with Crippen LogP contribution in [-0.4, -0.2) is 75.5 Å².